The molecule has 3 aromatic heterocycles. The van der Waals surface area contributed by atoms with Crippen LogP contribution in [0.1, 0.15) is 5.56 Å². The Labute approximate surface area is 234 Å². The second-order valence-corrected chi connectivity index (χ2v) is 11.8. The van der Waals surface area contributed by atoms with Gasteiger partial charge in [-0.3, -0.25) is 0 Å². The molecule has 0 fully saturated rings. The van der Waals surface area contributed by atoms with Gasteiger partial charge in [0, 0.05) is 53.1 Å². The van der Waals surface area contributed by atoms with Crippen molar-refractivity contribution in [1.82, 2.24) is 9.13 Å². The predicted molar refractivity (Wildman–Crippen MR) is 173 cm³/mol. The summed E-state index contributed by atoms with van der Waals surface area (Å²) in [5.74, 6) is 0. The molecule has 0 spiro atoms. The zero-order valence-corrected chi connectivity index (χ0v) is 22.7. The van der Waals surface area contributed by atoms with Crippen LogP contribution in [0.5, 0.6) is 0 Å². The number of aromatic nitrogens is 2. The number of rotatable bonds is 2. The van der Waals surface area contributed by atoms with Gasteiger partial charge in [-0.25, -0.2) is 0 Å². The first-order chi connectivity index (χ1) is 19.8. The molecule has 3 heterocycles. The van der Waals surface area contributed by atoms with Crippen LogP contribution in [0.4, 0.5) is 0 Å². The fraction of sp³-hybridized carbons (Fsp3) is 0.0270. The molecule has 2 nitrogen and oxygen atoms in total. The number of para-hydroxylation sites is 2. The number of hydrogen-bond acceptors (Lipinski definition) is 1. The van der Waals surface area contributed by atoms with Gasteiger partial charge in [-0.15, -0.1) is 11.3 Å². The van der Waals surface area contributed by atoms with Crippen molar-refractivity contribution in [1.29, 1.82) is 0 Å². The lowest BCUT2D eigenvalue weighted by Crippen LogP contribution is -1.98. The molecule has 0 atom stereocenters. The maximum atomic E-state index is 2.45. The molecule has 0 aliphatic carbocycles. The summed E-state index contributed by atoms with van der Waals surface area (Å²) in [5.41, 5.74) is 8.55. The third kappa shape index (κ3) is 2.93. The van der Waals surface area contributed by atoms with Gasteiger partial charge in [0.2, 0.25) is 0 Å². The maximum Gasteiger partial charge on any atom is 0.0548 e. The summed E-state index contributed by atoms with van der Waals surface area (Å²) in [7, 11) is 0. The lowest BCUT2D eigenvalue weighted by Gasteiger charge is -2.13. The first-order valence-corrected chi connectivity index (χ1v) is 14.5. The monoisotopic (exact) mass is 528 g/mol. The Morgan fingerprint density at radius 3 is 1.77 bits per heavy atom. The molecule has 0 aliphatic rings. The van der Waals surface area contributed by atoms with Gasteiger partial charge < -0.3 is 9.13 Å². The van der Waals surface area contributed by atoms with E-state index in [1.54, 1.807) is 0 Å². The minimum atomic E-state index is 1.17. The number of nitrogens with zero attached hydrogens (tertiary/aromatic N) is 2. The van der Waals surface area contributed by atoms with Gasteiger partial charge in [0.05, 0.1) is 22.1 Å². The molecule has 188 valence electrons. The third-order valence-corrected chi connectivity index (χ3v) is 9.49. The van der Waals surface area contributed by atoms with E-state index >= 15 is 0 Å². The zero-order chi connectivity index (χ0) is 26.4. The SMILES string of the molecule is Cc1ccc2c(c1)c1c3c(ccc1n2-c1cccc(-n2c4ccccc4c4ccccc42)c1)sc1ccccc13. The van der Waals surface area contributed by atoms with Crippen molar-refractivity contribution < 1.29 is 0 Å². The van der Waals surface area contributed by atoms with Crippen molar-refractivity contribution in [2.75, 3.05) is 0 Å². The second-order valence-electron chi connectivity index (χ2n) is 10.7. The van der Waals surface area contributed by atoms with Gasteiger partial charge in [-0.1, -0.05) is 72.3 Å². The fourth-order valence-electron chi connectivity index (χ4n) is 6.69. The van der Waals surface area contributed by atoms with Crippen LogP contribution in [-0.4, -0.2) is 9.13 Å². The quantitative estimate of drug-likeness (QED) is 0.211. The molecule has 3 heteroatoms. The molecular formula is C37H24N2S. The normalized spacial score (nSPS) is 12.1. The summed E-state index contributed by atoms with van der Waals surface area (Å²) < 4.78 is 7.53. The van der Waals surface area contributed by atoms with E-state index in [0.717, 1.165) is 0 Å². The van der Waals surface area contributed by atoms with E-state index < -0.39 is 0 Å². The van der Waals surface area contributed by atoms with E-state index in [9.17, 15) is 0 Å². The average molecular weight is 529 g/mol. The van der Waals surface area contributed by atoms with Crippen LogP contribution in [0.3, 0.4) is 0 Å². The van der Waals surface area contributed by atoms with Gasteiger partial charge in [0.25, 0.3) is 0 Å². The molecule has 0 aliphatic heterocycles. The van der Waals surface area contributed by atoms with Crippen LogP contribution in [0, 0.1) is 6.92 Å². The van der Waals surface area contributed by atoms with E-state index in [0.29, 0.717) is 0 Å². The summed E-state index contributed by atoms with van der Waals surface area (Å²) in [6.07, 6.45) is 0. The van der Waals surface area contributed by atoms with E-state index in [-0.39, 0.29) is 0 Å². The van der Waals surface area contributed by atoms with Gasteiger partial charge in [-0.05, 0) is 67.6 Å². The summed E-state index contributed by atoms with van der Waals surface area (Å²) in [5, 5.41) is 7.92. The lowest BCUT2D eigenvalue weighted by atomic mass is 10.0. The minimum Gasteiger partial charge on any atom is -0.309 e. The molecule has 40 heavy (non-hydrogen) atoms. The van der Waals surface area contributed by atoms with Gasteiger partial charge in [0.1, 0.15) is 0 Å². The minimum absolute atomic E-state index is 1.17. The fourth-order valence-corrected chi connectivity index (χ4v) is 7.80. The molecule has 0 saturated heterocycles. The van der Waals surface area contributed by atoms with E-state index in [1.165, 1.54) is 80.7 Å². The molecular weight excluding hydrogens is 504 g/mol. The van der Waals surface area contributed by atoms with E-state index in [4.69, 9.17) is 0 Å². The lowest BCUT2D eigenvalue weighted by molar-refractivity contribution is 1.13. The highest BCUT2D eigenvalue weighted by Crippen LogP contribution is 2.43. The number of hydrogen-bond donors (Lipinski definition) is 0. The van der Waals surface area contributed by atoms with E-state index in [1.807, 2.05) is 11.3 Å². The van der Waals surface area contributed by atoms with Crippen molar-refractivity contribution >= 4 is 75.1 Å². The maximum absolute atomic E-state index is 2.45. The number of thiophene rings is 1. The first-order valence-electron chi connectivity index (χ1n) is 13.7. The molecule has 0 unspecified atom stereocenters. The van der Waals surface area contributed by atoms with Crippen molar-refractivity contribution in [3.05, 3.63) is 133 Å². The van der Waals surface area contributed by atoms with Crippen molar-refractivity contribution in [2.45, 2.75) is 6.92 Å². The average Bonchev–Trinajstić information content (AvgIpc) is 3.64. The molecule has 0 amide bonds. The summed E-state index contributed by atoms with van der Waals surface area (Å²) in [4.78, 5) is 0. The third-order valence-electron chi connectivity index (χ3n) is 8.35. The molecule has 0 saturated carbocycles. The van der Waals surface area contributed by atoms with Crippen LogP contribution in [-0.2, 0) is 0 Å². The number of benzene rings is 6. The van der Waals surface area contributed by atoms with Crippen molar-refractivity contribution in [2.24, 2.45) is 0 Å². The molecule has 0 N–H and O–H groups in total. The van der Waals surface area contributed by atoms with Crippen molar-refractivity contribution in [3.63, 3.8) is 0 Å². The summed E-state index contributed by atoms with van der Waals surface area (Å²) in [6, 6.07) is 46.7. The Morgan fingerprint density at radius 2 is 1.02 bits per heavy atom. The highest BCUT2D eigenvalue weighted by molar-refractivity contribution is 7.26. The van der Waals surface area contributed by atoms with Gasteiger partial charge in [-0.2, -0.15) is 0 Å². The van der Waals surface area contributed by atoms with Gasteiger partial charge >= 0.3 is 0 Å². The molecule has 9 rings (SSSR count). The Kier molecular flexibility index (Phi) is 4.44. The van der Waals surface area contributed by atoms with Crippen LogP contribution in [0.15, 0.2) is 127 Å². The van der Waals surface area contributed by atoms with Crippen LogP contribution in [0.25, 0.3) is 75.2 Å². The molecule has 6 aromatic carbocycles. The Bertz CT molecular complexity index is 2400. The molecule has 0 radical (unpaired) electrons. The molecule has 9 aromatic rings. The van der Waals surface area contributed by atoms with Crippen LogP contribution >= 0.6 is 11.3 Å². The highest BCUT2D eigenvalue weighted by Gasteiger charge is 2.19. The Hall–Kier alpha value is -4.86. The number of fused-ring (bicyclic) bond motifs is 10. The van der Waals surface area contributed by atoms with Crippen LogP contribution in [0.2, 0.25) is 0 Å². The van der Waals surface area contributed by atoms with E-state index in [2.05, 4.69) is 143 Å². The molecule has 0 bridgehead atoms. The summed E-state index contributed by atoms with van der Waals surface area (Å²) in [6.45, 7) is 2.19. The van der Waals surface area contributed by atoms with Gasteiger partial charge in [0.15, 0.2) is 0 Å². The predicted octanol–water partition coefficient (Wildman–Crippen LogP) is 10.6. The smallest absolute Gasteiger partial charge is 0.0548 e. The first kappa shape index (κ1) is 22.0. The topological polar surface area (TPSA) is 9.86 Å². The summed E-state index contributed by atoms with van der Waals surface area (Å²) >= 11 is 1.88. The largest absolute Gasteiger partial charge is 0.309 e. The second kappa shape index (κ2) is 8.08. The standard InChI is InChI=1S/C37H24N2S/c1-23-17-18-32-29(21-23)36-33(19-20-35-37(36)28-13-4-7-16-34(28)40-35)39(32)25-10-8-9-24(22-25)38-30-14-5-2-11-26(30)27-12-3-6-15-31(27)38/h2-22H,1H3. The van der Waals surface area contributed by atoms with Crippen molar-refractivity contribution in [3.8, 4) is 11.4 Å². The Morgan fingerprint density at radius 1 is 0.425 bits per heavy atom. The zero-order valence-electron chi connectivity index (χ0n) is 21.9. The number of aryl methyl sites for hydroxylation is 1. The highest BCUT2D eigenvalue weighted by atomic mass is 32.1. The Balaban J connectivity index is 1.39. The van der Waals surface area contributed by atoms with Crippen LogP contribution < -0.4 is 0 Å².